The Morgan fingerprint density at radius 1 is 1.27 bits per heavy atom. The van der Waals surface area contributed by atoms with Gasteiger partial charge >= 0.3 is 0 Å². The van der Waals surface area contributed by atoms with E-state index in [-0.39, 0.29) is 11.6 Å². The zero-order valence-corrected chi connectivity index (χ0v) is 13.1. The minimum atomic E-state index is -0.260. The number of hydrogen-bond donors (Lipinski definition) is 2. The van der Waals surface area contributed by atoms with Gasteiger partial charge in [0.1, 0.15) is 5.82 Å². The summed E-state index contributed by atoms with van der Waals surface area (Å²) in [5.41, 5.74) is 1.27. The Kier molecular flexibility index (Phi) is 5.46. The Labute approximate surface area is 129 Å². The van der Waals surface area contributed by atoms with Crippen LogP contribution in [0.5, 0.6) is 0 Å². The standard InChI is InChI=1S/C15H21N5O2/c1-4-10(5-2)13-8-11(22-20-13)9-17-14-7-6-12(18-19-14)15(21)16-3/h6-8,10H,4-5,9H2,1-3H3,(H,16,21)(H,17,19). The van der Waals surface area contributed by atoms with Crippen molar-refractivity contribution in [3.63, 3.8) is 0 Å². The van der Waals surface area contributed by atoms with Gasteiger partial charge in [-0.3, -0.25) is 4.79 Å². The van der Waals surface area contributed by atoms with Gasteiger partial charge in [0.2, 0.25) is 0 Å². The summed E-state index contributed by atoms with van der Waals surface area (Å²) >= 11 is 0. The molecule has 2 aromatic heterocycles. The summed E-state index contributed by atoms with van der Waals surface area (Å²) in [6.07, 6.45) is 2.09. The van der Waals surface area contributed by atoms with Crippen molar-refractivity contribution in [3.8, 4) is 0 Å². The predicted molar refractivity (Wildman–Crippen MR) is 82.6 cm³/mol. The van der Waals surface area contributed by atoms with Crippen LogP contribution < -0.4 is 10.6 Å². The third-order valence-electron chi connectivity index (χ3n) is 3.55. The summed E-state index contributed by atoms with van der Waals surface area (Å²) in [4.78, 5) is 11.4. The van der Waals surface area contributed by atoms with E-state index in [9.17, 15) is 4.79 Å². The molecule has 0 bridgehead atoms. The van der Waals surface area contributed by atoms with E-state index in [1.807, 2.05) is 6.07 Å². The molecular weight excluding hydrogens is 282 g/mol. The largest absolute Gasteiger partial charge is 0.361 e. The first-order valence-corrected chi connectivity index (χ1v) is 7.43. The average Bonchev–Trinajstić information content (AvgIpc) is 3.02. The van der Waals surface area contributed by atoms with Crippen molar-refractivity contribution in [1.82, 2.24) is 20.7 Å². The molecule has 0 unspecified atom stereocenters. The molecule has 7 nitrogen and oxygen atoms in total. The van der Waals surface area contributed by atoms with Crippen molar-refractivity contribution < 1.29 is 9.32 Å². The molecule has 0 fully saturated rings. The molecule has 0 aromatic carbocycles. The third kappa shape index (κ3) is 3.81. The van der Waals surface area contributed by atoms with E-state index < -0.39 is 0 Å². The fourth-order valence-corrected chi connectivity index (χ4v) is 2.17. The Balaban J connectivity index is 1.94. The second-order valence-corrected chi connectivity index (χ2v) is 4.97. The monoisotopic (exact) mass is 303 g/mol. The van der Waals surface area contributed by atoms with E-state index in [1.54, 1.807) is 19.2 Å². The highest BCUT2D eigenvalue weighted by atomic mass is 16.5. The molecule has 22 heavy (non-hydrogen) atoms. The van der Waals surface area contributed by atoms with E-state index in [4.69, 9.17) is 4.52 Å². The second kappa shape index (κ2) is 7.53. The minimum absolute atomic E-state index is 0.260. The van der Waals surface area contributed by atoms with E-state index in [0.717, 1.165) is 24.3 Å². The molecule has 2 rings (SSSR count). The van der Waals surface area contributed by atoms with E-state index in [2.05, 4.69) is 39.8 Å². The van der Waals surface area contributed by atoms with Crippen LogP contribution in [-0.4, -0.2) is 28.3 Å². The maximum absolute atomic E-state index is 11.4. The molecular formula is C15H21N5O2. The fourth-order valence-electron chi connectivity index (χ4n) is 2.17. The second-order valence-electron chi connectivity index (χ2n) is 4.97. The van der Waals surface area contributed by atoms with Crippen LogP contribution in [0.2, 0.25) is 0 Å². The summed E-state index contributed by atoms with van der Waals surface area (Å²) in [5, 5.41) is 17.5. The van der Waals surface area contributed by atoms with Crippen LogP contribution in [0.15, 0.2) is 22.7 Å². The number of carbonyl (C=O) groups excluding carboxylic acids is 1. The highest BCUT2D eigenvalue weighted by Gasteiger charge is 2.13. The quantitative estimate of drug-likeness (QED) is 0.815. The van der Waals surface area contributed by atoms with Gasteiger partial charge in [0.15, 0.2) is 11.5 Å². The fraction of sp³-hybridized carbons (Fsp3) is 0.467. The zero-order chi connectivity index (χ0) is 15.9. The van der Waals surface area contributed by atoms with Crippen molar-refractivity contribution in [3.05, 3.63) is 35.3 Å². The first-order chi connectivity index (χ1) is 10.7. The van der Waals surface area contributed by atoms with Gasteiger partial charge in [0, 0.05) is 19.0 Å². The summed E-state index contributed by atoms with van der Waals surface area (Å²) in [6.45, 7) is 4.76. The van der Waals surface area contributed by atoms with Gasteiger partial charge in [-0.2, -0.15) is 0 Å². The Hall–Kier alpha value is -2.44. The van der Waals surface area contributed by atoms with Crippen molar-refractivity contribution in [2.45, 2.75) is 39.2 Å². The first kappa shape index (κ1) is 15.9. The van der Waals surface area contributed by atoms with Gasteiger partial charge < -0.3 is 15.2 Å². The molecule has 0 radical (unpaired) electrons. The van der Waals surface area contributed by atoms with E-state index in [0.29, 0.717) is 18.3 Å². The topological polar surface area (TPSA) is 92.9 Å². The Morgan fingerprint density at radius 3 is 2.64 bits per heavy atom. The molecule has 0 atom stereocenters. The molecule has 2 aromatic rings. The van der Waals surface area contributed by atoms with Crippen LogP contribution in [0.1, 0.15) is 54.5 Å². The number of rotatable bonds is 7. The molecule has 2 heterocycles. The highest BCUT2D eigenvalue weighted by molar-refractivity contribution is 5.91. The Bertz CT molecular complexity index is 605. The van der Waals surface area contributed by atoms with Crippen LogP contribution in [-0.2, 0) is 6.54 Å². The molecule has 7 heteroatoms. The smallest absolute Gasteiger partial charge is 0.271 e. The molecule has 0 saturated carbocycles. The molecule has 1 amide bonds. The average molecular weight is 303 g/mol. The number of nitrogens with zero attached hydrogens (tertiary/aromatic N) is 3. The van der Waals surface area contributed by atoms with Crippen LogP contribution in [0.4, 0.5) is 5.82 Å². The van der Waals surface area contributed by atoms with Crippen molar-refractivity contribution in [2.24, 2.45) is 0 Å². The van der Waals surface area contributed by atoms with Crippen LogP contribution >= 0.6 is 0 Å². The van der Waals surface area contributed by atoms with Crippen molar-refractivity contribution in [1.29, 1.82) is 0 Å². The highest BCUT2D eigenvalue weighted by Crippen LogP contribution is 2.22. The first-order valence-electron chi connectivity index (χ1n) is 7.43. The number of hydrogen-bond acceptors (Lipinski definition) is 6. The molecule has 0 spiro atoms. The number of nitrogens with one attached hydrogen (secondary N) is 2. The minimum Gasteiger partial charge on any atom is -0.361 e. The summed E-state index contributed by atoms with van der Waals surface area (Å²) in [6, 6.07) is 5.29. The third-order valence-corrected chi connectivity index (χ3v) is 3.55. The lowest BCUT2D eigenvalue weighted by Gasteiger charge is -2.06. The molecule has 0 aliphatic rings. The Morgan fingerprint density at radius 2 is 2.05 bits per heavy atom. The van der Waals surface area contributed by atoms with Crippen LogP contribution in [0.3, 0.4) is 0 Å². The number of carbonyl (C=O) groups is 1. The number of aromatic nitrogens is 3. The number of amides is 1. The van der Waals surface area contributed by atoms with Gasteiger partial charge in [-0.15, -0.1) is 10.2 Å². The molecule has 0 aliphatic heterocycles. The summed E-state index contributed by atoms with van der Waals surface area (Å²) in [7, 11) is 1.55. The molecule has 118 valence electrons. The molecule has 2 N–H and O–H groups in total. The maximum Gasteiger partial charge on any atom is 0.271 e. The van der Waals surface area contributed by atoms with Crippen LogP contribution in [0, 0.1) is 0 Å². The van der Waals surface area contributed by atoms with Gasteiger partial charge in [0.05, 0.1) is 12.2 Å². The van der Waals surface area contributed by atoms with E-state index >= 15 is 0 Å². The zero-order valence-electron chi connectivity index (χ0n) is 13.1. The summed E-state index contributed by atoms with van der Waals surface area (Å²) < 4.78 is 5.33. The van der Waals surface area contributed by atoms with Crippen LogP contribution in [0.25, 0.3) is 0 Å². The van der Waals surface area contributed by atoms with E-state index in [1.165, 1.54) is 0 Å². The lowest BCUT2D eigenvalue weighted by molar-refractivity contribution is 0.0957. The predicted octanol–water partition coefficient (Wildman–Crippen LogP) is 2.34. The lowest BCUT2D eigenvalue weighted by Crippen LogP contribution is -2.19. The normalized spacial score (nSPS) is 10.7. The number of anilines is 1. The van der Waals surface area contributed by atoms with Gasteiger partial charge in [-0.1, -0.05) is 19.0 Å². The lowest BCUT2D eigenvalue weighted by atomic mass is 9.99. The van der Waals surface area contributed by atoms with Gasteiger partial charge in [0.25, 0.3) is 5.91 Å². The summed E-state index contributed by atoms with van der Waals surface area (Å²) in [5.74, 6) is 1.50. The van der Waals surface area contributed by atoms with Crippen molar-refractivity contribution >= 4 is 11.7 Å². The molecule has 0 aliphatic carbocycles. The SMILES string of the molecule is CCC(CC)c1cc(CNc2ccc(C(=O)NC)nn2)on1. The maximum atomic E-state index is 11.4. The van der Waals surface area contributed by atoms with Gasteiger partial charge in [-0.25, -0.2) is 0 Å². The van der Waals surface area contributed by atoms with Gasteiger partial charge in [-0.05, 0) is 25.0 Å². The van der Waals surface area contributed by atoms with Crippen molar-refractivity contribution in [2.75, 3.05) is 12.4 Å². The molecule has 0 saturated heterocycles.